The fraction of sp³-hybridized carbons (Fsp3) is 0.182. The Morgan fingerprint density at radius 3 is 3.21 bits per heavy atom. The lowest BCUT2D eigenvalue weighted by Crippen LogP contribution is -1.86. The van der Waals surface area contributed by atoms with Gasteiger partial charge in [0.1, 0.15) is 5.75 Å². The molecule has 14 heavy (non-hydrogen) atoms. The molecule has 3 rings (SSSR count). The zero-order valence-electron chi connectivity index (χ0n) is 7.54. The molecular formula is C11H9NO2. The van der Waals surface area contributed by atoms with Gasteiger partial charge in [-0.25, -0.2) is 0 Å². The van der Waals surface area contributed by atoms with Gasteiger partial charge in [0.05, 0.1) is 6.61 Å². The van der Waals surface area contributed by atoms with E-state index in [4.69, 9.17) is 4.74 Å². The summed E-state index contributed by atoms with van der Waals surface area (Å²) in [6.45, 7) is 0.748. The first-order valence-corrected chi connectivity index (χ1v) is 4.60. The molecule has 0 saturated carbocycles. The highest BCUT2D eigenvalue weighted by Crippen LogP contribution is 2.31. The summed E-state index contributed by atoms with van der Waals surface area (Å²) in [7, 11) is 0. The summed E-state index contributed by atoms with van der Waals surface area (Å²) in [4.78, 5) is 13.8. The van der Waals surface area contributed by atoms with Crippen LogP contribution in [0.4, 0.5) is 0 Å². The second-order valence-corrected chi connectivity index (χ2v) is 3.47. The van der Waals surface area contributed by atoms with Crippen molar-refractivity contribution in [3.8, 4) is 5.75 Å². The summed E-state index contributed by atoms with van der Waals surface area (Å²) in [5, 5.41) is 0.945. The Morgan fingerprint density at radius 1 is 1.43 bits per heavy atom. The number of carbonyl (C=O) groups is 1. The lowest BCUT2D eigenvalue weighted by Gasteiger charge is -1.98. The van der Waals surface area contributed by atoms with Crippen LogP contribution in [0.1, 0.15) is 15.9 Å². The summed E-state index contributed by atoms with van der Waals surface area (Å²) in [5.74, 6) is 0.917. The minimum atomic E-state index is 0.693. The van der Waals surface area contributed by atoms with E-state index in [1.165, 1.54) is 5.56 Å². The Kier molecular flexibility index (Phi) is 1.42. The molecule has 1 aliphatic heterocycles. The van der Waals surface area contributed by atoms with Gasteiger partial charge in [0.15, 0.2) is 6.29 Å². The smallest absolute Gasteiger partial charge is 0.152 e. The van der Waals surface area contributed by atoms with Crippen molar-refractivity contribution in [2.24, 2.45) is 0 Å². The number of hydrogen-bond acceptors (Lipinski definition) is 2. The van der Waals surface area contributed by atoms with Crippen molar-refractivity contribution in [3.05, 3.63) is 29.5 Å². The molecule has 0 radical (unpaired) electrons. The Morgan fingerprint density at radius 2 is 2.36 bits per heavy atom. The van der Waals surface area contributed by atoms with E-state index in [-0.39, 0.29) is 0 Å². The summed E-state index contributed by atoms with van der Waals surface area (Å²) in [6, 6.07) is 4.00. The van der Waals surface area contributed by atoms with E-state index < -0.39 is 0 Å². The molecule has 0 saturated heterocycles. The molecule has 0 bridgehead atoms. The highest BCUT2D eigenvalue weighted by Gasteiger charge is 2.14. The summed E-state index contributed by atoms with van der Waals surface area (Å²) < 4.78 is 5.45. The average molecular weight is 187 g/mol. The molecule has 70 valence electrons. The molecule has 0 fully saturated rings. The van der Waals surface area contributed by atoms with Crippen LogP contribution in [0.5, 0.6) is 5.75 Å². The third kappa shape index (κ3) is 0.894. The van der Waals surface area contributed by atoms with Crippen LogP contribution in [-0.2, 0) is 6.42 Å². The summed E-state index contributed by atoms with van der Waals surface area (Å²) >= 11 is 0. The average Bonchev–Trinajstić information content (AvgIpc) is 2.78. The van der Waals surface area contributed by atoms with Crippen LogP contribution in [0.3, 0.4) is 0 Å². The van der Waals surface area contributed by atoms with Gasteiger partial charge in [-0.2, -0.15) is 0 Å². The molecule has 1 N–H and O–H groups in total. The molecule has 0 atom stereocenters. The highest BCUT2D eigenvalue weighted by atomic mass is 16.5. The standard InChI is InChI=1S/C11H9NO2/c13-6-8-5-12-10-3-7-1-2-14-11(7)4-9(8)10/h3-6,12H,1-2H2. The lowest BCUT2D eigenvalue weighted by molar-refractivity contribution is 0.112. The number of carbonyl (C=O) groups excluding carboxylic acids is 1. The van der Waals surface area contributed by atoms with Crippen LogP contribution in [0, 0.1) is 0 Å². The molecule has 3 nitrogen and oxygen atoms in total. The van der Waals surface area contributed by atoms with Crippen LogP contribution in [0.2, 0.25) is 0 Å². The molecule has 1 aromatic heterocycles. The number of fused-ring (bicyclic) bond motifs is 2. The quantitative estimate of drug-likeness (QED) is 0.693. The molecule has 2 aromatic rings. The van der Waals surface area contributed by atoms with Crippen molar-refractivity contribution >= 4 is 17.2 Å². The first kappa shape index (κ1) is 7.62. The van der Waals surface area contributed by atoms with Gasteiger partial charge in [-0.1, -0.05) is 0 Å². The molecule has 1 aromatic carbocycles. The van der Waals surface area contributed by atoms with E-state index in [2.05, 4.69) is 11.1 Å². The van der Waals surface area contributed by atoms with Crippen molar-refractivity contribution in [1.82, 2.24) is 4.98 Å². The zero-order valence-corrected chi connectivity index (χ0v) is 7.54. The van der Waals surface area contributed by atoms with Gasteiger partial charge in [0.2, 0.25) is 0 Å². The van der Waals surface area contributed by atoms with Gasteiger partial charge >= 0.3 is 0 Å². The zero-order chi connectivity index (χ0) is 9.54. The minimum Gasteiger partial charge on any atom is -0.493 e. The molecule has 0 amide bonds. The van der Waals surface area contributed by atoms with Gasteiger partial charge in [-0.15, -0.1) is 0 Å². The van der Waals surface area contributed by atoms with Crippen LogP contribution in [0.25, 0.3) is 10.9 Å². The monoisotopic (exact) mass is 187 g/mol. The fourth-order valence-corrected chi connectivity index (χ4v) is 1.91. The topological polar surface area (TPSA) is 42.1 Å². The number of ether oxygens (including phenoxy) is 1. The molecule has 0 aliphatic carbocycles. The van der Waals surface area contributed by atoms with E-state index in [0.717, 1.165) is 36.0 Å². The van der Waals surface area contributed by atoms with E-state index in [1.807, 2.05) is 6.07 Å². The second kappa shape index (κ2) is 2.61. The second-order valence-electron chi connectivity index (χ2n) is 3.47. The molecule has 0 spiro atoms. The Balaban J connectivity index is 2.35. The largest absolute Gasteiger partial charge is 0.493 e. The van der Waals surface area contributed by atoms with Crippen LogP contribution >= 0.6 is 0 Å². The molecule has 3 heteroatoms. The number of H-pyrrole nitrogens is 1. The number of hydrogen-bond donors (Lipinski definition) is 1. The first-order valence-electron chi connectivity index (χ1n) is 4.60. The first-order chi connectivity index (χ1) is 6.88. The minimum absolute atomic E-state index is 0.693. The van der Waals surface area contributed by atoms with E-state index in [0.29, 0.717) is 5.56 Å². The van der Waals surface area contributed by atoms with Gasteiger partial charge in [0, 0.05) is 29.1 Å². The van der Waals surface area contributed by atoms with Gasteiger partial charge in [0.25, 0.3) is 0 Å². The number of benzene rings is 1. The van der Waals surface area contributed by atoms with E-state index in [1.54, 1.807) is 6.20 Å². The van der Waals surface area contributed by atoms with Gasteiger partial charge in [-0.3, -0.25) is 4.79 Å². The Labute approximate surface area is 80.7 Å². The normalized spacial score (nSPS) is 14.0. The van der Waals surface area contributed by atoms with E-state index in [9.17, 15) is 4.79 Å². The lowest BCUT2D eigenvalue weighted by atomic mass is 10.1. The number of rotatable bonds is 1. The SMILES string of the molecule is O=Cc1c[nH]c2cc3c(cc12)OCC3. The maximum atomic E-state index is 10.7. The fourth-order valence-electron chi connectivity index (χ4n) is 1.91. The van der Waals surface area contributed by atoms with Crippen LogP contribution < -0.4 is 4.74 Å². The molecule has 2 heterocycles. The van der Waals surface area contributed by atoms with Crippen molar-refractivity contribution in [3.63, 3.8) is 0 Å². The number of aromatic amines is 1. The maximum absolute atomic E-state index is 10.7. The predicted octanol–water partition coefficient (Wildman–Crippen LogP) is 1.92. The number of aromatic nitrogens is 1. The Hall–Kier alpha value is -1.77. The van der Waals surface area contributed by atoms with Crippen LogP contribution in [0.15, 0.2) is 18.3 Å². The van der Waals surface area contributed by atoms with Crippen LogP contribution in [-0.4, -0.2) is 17.9 Å². The van der Waals surface area contributed by atoms with Gasteiger partial charge in [-0.05, 0) is 17.7 Å². The third-order valence-corrected chi connectivity index (χ3v) is 2.65. The van der Waals surface area contributed by atoms with Crippen molar-refractivity contribution in [2.45, 2.75) is 6.42 Å². The third-order valence-electron chi connectivity index (χ3n) is 2.65. The van der Waals surface area contributed by atoms with Crippen molar-refractivity contribution in [1.29, 1.82) is 0 Å². The van der Waals surface area contributed by atoms with E-state index >= 15 is 0 Å². The molecule has 0 unspecified atom stereocenters. The number of aldehydes is 1. The predicted molar refractivity (Wildman–Crippen MR) is 52.9 cm³/mol. The maximum Gasteiger partial charge on any atom is 0.152 e. The highest BCUT2D eigenvalue weighted by molar-refractivity contribution is 5.98. The summed E-state index contributed by atoms with van der Waals surface area (Å²) in [6.07, 6.45) is 3.55. The Bertz CT molecular complexity index is 513. The van der Waals surface area contributed by atoms with Gasteiger partial charge < -0.3 is 9.72 Å². The van der Waals surface area contributed by atoms with Crippen molar-refractivity contribution < 1.29 is 9.53 Å². The summed E-state index contributed by atoms with van der Waals surface area (Å²) in [5.41, 5.74) is 2.92. The molecular weight excluding hydrogens is 178 g/mol. The van der Waals surface area contributed by atoms with Crippen molar-refractivity contribution in [2.75, 3.05) is 6.61 Å². The molecule has 1 aliphatic rings. The number of nitrogens with one attached hydrogen (secondary N) is 1.